The quantitative estimate of drug-likeness (QED) is 0.709. The molecule has 0 amide bonds. The molecule has 0 aliphatic heterocycles. The third kappa shape index (κ3) is 2.54. The van der Waals surface area contributed by atoms with Crippen LogP contribution in [-0.4, -0.2) is 11.6 Å². The highest BCUT2D eigenvalue weighted by Crippen LogP contribution is 2.12. The Bertz CT molecular complexity index is 439. The maximum atomic E-state index is 5.46. The van der Waals surface area contributed by atoms with E-state index >= 15 is 0 Å². The summed E-state index contributed by atoms with van der Waals surface area (Å²) in [6, 6.07) is 12.2. The maximum absolute atomic E-state index is 5.46. The van der Waals surface area contributed by atoms with Crippen LogP contribution in [0.4, 0.5) is 0 Å². The van der Waals surface area contributed by atoms with E-state index in [1.54, 1.807) is 0 Å². The summed E-state index contributed by atoms with van der Waals surface area (Å²) in [5.41, 5.74) is 2.04. The molecule has 0 N–H and O–H groups in total. The Balaban J connectivity index is 2.16. The highest BCUT2D eigenvalue weighted by atomic mass is 16.5. The van der Waals surface area contributed by atoms with Gasteiger partial charge in [-0.2, -0.15) is 0 Å². The van der Waals surface area contributed by atoms with Crippen molar-refractivity contribution in [2.75, 3.05) is 6.61 Å². The van der Waals surface area contributed by atoms with Crippen LogP contribution in [0.3, 0.4) is 0 Å². The number of pyridine rings is 1. The van der Waals surface area contributed by atoms with Crippen LogP contribution in [0, 0.1) is 0 Å². The first-order valence-electron chi connectivity index (χ1n) is 5.32. The van der Waals surface area contributed by atoms with Gasteiger partial charge < -0.3 is 4.74 Å². The topological polar surface area (TPSA) is 22.1 Å². The number of ether oxygens (including phenoxy) is 1. The summed E-state index contributed by atoms with van der Waals surface area (Å²) in [6.07, 6.45) is 1.05. The van der Waals surface area contributed by atoms with Gasteiger partial charge in [0, 0.05) is 12.0 Å². The van der Waals surface area contributed by atoms with E-state index in [9.17, 15) is 0 Å². The van der Waals surface area contributed by atoms with Crippen molar-refractivity contribution in [2.45, 2.75) is 20.0 Å². The molecular formula is C13H15NO. The zero-order chi connectivity index (χ0) is 10.5. The number of fused-ring (bicyclic) bond motifs is 1. The third-order valence-electron chi connectivity index (χ3n) is 2.25. The van der Waals surface area contributed by atoms with Crippen LogP contribution in [0.15, 0.2) is 36.4 Å². The molecule has 0 saturated heterocycles. The van der Waals surface area contributed by atoms with Crippen molar-refractivity contribution in [2.24, 2.45) is 0 Å². The summed E-state index contributed by atoms with van der Waals surface area (Å²) in [6.45, 7) is 3.51. The molecule has 0 aliphatic carbocycles. The molecule has 2 heteroatoms. The van der Waals surface area contributed by atoms with Crippen LogP contribution < -0.4 is 0 Å². The fraction of sp³-hybridized carbons (Fsp3) is 0.308. The van der Waals surface area contributed by atoms with Gasteiger partial charge in [-0.25, -0.2) is 0 Å². The Hall–Kier alpha value is -1.41. The Morgan fingerprint density at radius 2 is 2.00 bits per heavy atom. The summed E-state index contributed by atoms with van der Waals surface area (Å²) in [4.78, 5) is 4.52. The van der Waals surface area contributed by atoms with E-state index in [2.05, 4.69) is 24.0 Å². The lowest BCUT2D eigenvalue weighted by atomic mass is 10.2. The standard InChI is InChI=1S/C13H15NO/c1-2-9-15-10-12-8-7-11-5-3-4-6-13(11)14-12/h3-8H,2,9-10H2,1H3. The smallest absolute Gasteiger partial charge is 0.0888 e. The number of hydrogen-bond acceptors (Lipinski definition) is 2. The molecule has 0 spiro atoms. The van der Waals surface area contributed by atoms with Gasteiger partial charge in [-0.15, -0.1) is 0 Å². The fourth-order valence-corrected chi connectivity index (χ4v) is 1.51. The molecule has 2 aromatic rings. The second-order valence-corrected chi connectivity index (χ2v) is 3.55. The molecule has 1 aromatic carbocycles. The summed E-state index contributed by atoms with van der Waals surface area (Å²) < 4.78 is 5.46. The summed E-state index contributed by atoms with van der Waals surface area (Å²) in [5, 5.41) is 1.18. The van der Waals surface area contributed by atoms with Crippen molar-refractivity contribution in [1.82, 2.24) is 4.98 Å². The van der Waals surface area contributed by atoms with Crippen LogP contribution >= 0.6 is 0 Å². The monoisotopic (exact) mass is 201 g/mol. The average Bonchev–Trinajstić information content (AvgIpc) is 2.29. The normalized spacial score (nSPS) is 10.7. The number of benzene rings is 1. The minimum atomic E-state index is 0.610. The maximum Gasteiger partial charge on any atom is 0.0888 e. The van der Waals surface area contributed by atoms with E-state index in [4.69, 9.17) is 4.74 Å². The molecule has 78 valence electrons. The van der Waals surface area contributed by atoms with E-state index in [-0.39, 0.29) is 0 Å². The molecule has 0 radical (unpaired) electrons. The molecular weight excluding hydrogens is 186 g/mol. The van der Waals surface area contributed by atoms with Crippen LogP contribution in [-0.2, 0) is 11.3 Å². The SMILES string of the molecule is CCCOCc1ccc2ccccc2n1. The van der Waals surface area contributed by atoms with Gasteiger partial charge >= 0.3 is 0 Å². The third-order valence-corrected chi connectivity index (χ3v) is 2.25. The second kappa shape index (κ2) is 4.89. The van der Waals surface area contributed by atoms with E-state index in [0.29, 0.717) is 6.61 Å². The highest BCUT2D eigenvalue weighted by molar-refractivity contribution is 5.78. The molecule has 0 atom stereocenters. The predicted molar refractivity (Wildman–Crippen MR) is 61.7 cm³/mol. The van der Waals surface area contributed by atoms with Crippen LogP contribution in [0.1, 0.15) is 19.0 Å². The number of rotatable bonds is 4. The fourth-order valence-electron chi connectivity index (χ4n) is 1.51. The van der Waals surface area contributed by atoms with E-state index in [0.717, 1.165) is 24.2 Å². The Morgan fingerprint density at radius 3 is 2.87 bits per heavy atom. The lowest BCUT2D eigenvalue weighted by Crippen LogP contribution is -1.96. The van der Waals surface area contributed by atoms with Crippen LogP contribution in [0.25, 0.3) is 10.9 Å². The largest absolute Gasteiger partial charge is 0.375 e. The lowest BCUT2D eigenvalue weighted by molar-refractivity contribution is 0.119. The zero-order valence-corrected chi connectivity index (χ0v) is 8.94. The first-order chi connectivity index (χ1) is 7.40. The molecule has 0 aliphatic rings. The summed E-state index contributed by atoms with van der Waals surface area (Å²) in [7, 11) is 0. The van der Waals surface area contributed by atoms with E-state index < -0.39 is 0 Å². The van der Waals surface area contributed by atoms with Crippen molar-refractivity contribution in [3.05, 3.63) is 42.1 Å². The number of para-hydroxylation sites is 1. The predicted octanol–water partition coefficient (Wildman–Crippen LogP) is 3.16. The molecule has 1 heterocycles. The van der Waals surface area contributed by atoms with Gasteiger partial charge in [-0.05, 0) is 18.6 Å². The second-order valence-electron chi connectivity index (χ2n) is 3.55. The highest BCUT2D eigenvalue weighted by Gasteiger charge is 1.97. The van der Waals surface area contributed by atoms with Gasteiger partial charge in [0.05, 0.1) is 17.8 Å². The van der Waals surface area contributed by atoms with Gasteiger partial charge in [0.1, 0.15) is 0 Å². The first-order valence-corrected chi connectivity index (χ1v) is 5.32. The van der Waals surface area contributed by atoms with Crippen LogP contribution in [0.5, 0.6) is 0 Å². The van der Waals surface area contributed by atoms with Gasteiger partial charge in [-0.1, -0.05) is 31.2 Å². The van der Waals surface area contributed by atoms with Gasteiger partial charge in [-0.3, -0.25) is 4.98 Å². The number of nitrogens with zero attached hydrogens (tertiary/aromatic N) is 1. The summed E-state index contributed by atoms with van der Waals surface area (Å²) >= 11 is 0. The molecule has 0 unspecified atom stereocenters. The minimum Gasteiger partial charge on any atom is -0.375 e. The van der Waals surface area contributed by atoms with Crippen molar-refractivity contribution < 1.29 is 4.74 Å². The minimum absolute atomic E-state index is 0.610. The number of hydrogen-bond donors (Lipinski definition) is 0. The molecule has 0 fully saturated rings. The zero-order valence-electron chi connectivity index (χ0n) is 8.94. The van der Waals surface area contributed by atoms with Gasteiger partial charge in [0.25, 0.3) is 0 Å². The van der Waals surface area contributed by atoms with Crippen molar-refractivity contribution in [1.29, 1.82) is 0 Å². The van der Waals surface area contributed by atoms with Crippen molar-refractivity contribution in [3.63, 3.8) is 0 Å². The van der Waals surface area contributed by atoms with Crippen molar-refractivity contribution >= 4 is 10.9 Å². The first kappa shape index (κ1) is 10.1. The molecule has 15 heavy (non-hydrogen) atoms. The van der Waals surface area contributed by atoms with Gasteiger partial charge in [0.2, 0.25) is 0 Å². The molecule has 2 nitrogen and oxygen atoms in total. The van der Waals surface area contributed by atoms with E-state index in [1.807, 2.05) is 24.3 Å². The molecule has 1 aromatic heterocycles. The Kier molecular flexibility index (Phi) is 3.30. The van der Waals surface area contributed by atoms with Crippen LogP contribution in [0.2, 0.25) is 0 Å². The Morgan fingerprint density at radius 1 is 1.13 bits per heavy atom. The lowest BCUT2D eigenvalue weighted by Gasteiger charge is -2.03. The van der Waals surface area contributed by atoms with Gasteiger partial charge in [0.15, 0.2) is 0 Å². The van der Waals surface area contributed by atoms with Crippen molar-refractivity contribution in [3.8, 4) is 0 Å². The Labute approximate surface area is 89.9 Å². The average molecular weight is 201 g/mol. The molecule has 2 rings (SSSR count). The molecule has 0 saturated carbocycles. The molecule has 0 bridgehead atoms. The summed E-state index contributed by atoms with van der Waals surface area (Å²) in [5.74, 6) is 0. The number of aromatic nitrogens is 1. The van der Waals surface area contributed by atoms with E-state index in [1.165, 1.54) is 5.39 Å².